The van der Waals surface area contributed by atoms with E-state index in [0.717, 1.165) is 27.7 Å². The lowest BCUT2D eigenvalue weighted by Crippen LogP contribution is -2.63. The third-order valence-electron chi connectivity index (χ3n) is 3.96. The van der Waals surface area contributed by atoms with Crippen molar-refractivity contribution in [2.75, 3.05) is 19.0 Å². The minimum Gasteiger partial charge on any atom is -0.464 e. The standard InChI is InChI=1S/C19H28O12S/c1-6-25-18(24)14(8-32)31-19-17(29-12(5)23)16(28-11(4)22)15(27-10(3)21)13(30-19)7-26-9(2)20/h13-17,19,32H,6-8H2,1-5H3/t13-,14?,15-,16+,17-,19-/m1/s1. The van der Waals surface area contributed by atoms with Gasteiger partial charge in [-0.1, -0.05) is 0 Å². The van der Waals surface area contributed by atoms with Gasteiger partial charge in [-0.3, -0.25) is 19.2 Å². The molecule has 12 nitrogen and oxygen atoms in total. The van der Waals surface area contributed by atoms with Gasteiger partial charge in [0.25, 0.3) is 0 Å². The SMILES string of the molecule is CCOC(=O)C(CS)O[C@H]1O[C@H](COC(C)=O)[C@@H](OC(C)=O)[C@H](OC(C)=O)[C@H]1OC(C)=O. The summed E-state index contributed by atoms with van der Waals surface area (Å²) in [7, 11) is 0. The minimum absolute atomic E-state index is 0.0744. The highest BCUT2D eigenvalue weighted by Gasteiger charge is 2.53. The molecule has 0 spiro atoms. The highest BCUT2D eigenvalue weighted by molar-refractivity contribution is 7.80. The number of carbonyl (C=O) groups excluding carboxylic acids is 5. The first kappa shape index (κ1) is 27.7. The molecule has 0 aromatic carbocycles. The first-order valence-electron chi connectivity index (χ1n) is 9.73. The molecule has 13 heteroatoms. The largest absolute Gasteiger partial charge is 0.464 e. The molecule has 0 saturated carbocycles. The maximum Gasteiger partial charge on any atom is 0.336 e. The Morgan fingerprint density at radius 3 is 1.81 bits per heavy atom. The molecule has 1 saturated heterocycles. The van der Waals surface area contributed by atoms with Gasteiger partial charge in [-0.25, -0.2) is 4.79 Å². The van der Waals surface area contributed by atoms with Crippen LogP contribution in [0.4, 0.5) is 0 Å². The van der Waals surface area contributed by atoms with E-state index in [1.807, 2.05) is 0 Å². The Hall–Kier alpha value is -2.38. The second-order valence-corrected chi connectivity index (χ2v) is 6.99. The van der Waals surface area contributed by atoms with E-state index >= 15 is 0 Å². The van der Waals surface area contributed by atoms with Crippen LogP contribution in [0.15, 0.2) is 0 Å². The molecule has 1 fully saturated rings. The Kier molecular flexibility index (Phi) is 11.4. The predicted octanol–water partition coefficient (Wildman–Crippen LogP) is -0.0524. The highest BCUT2D eigenvalue weighted by atomic mass is 32.1. The Balaban J connectivity index is 3.37. The molecular weight excluding hydrogens is 452 g/mol. The number of rotatable bonds is 10. The van der Waals surface area contributed by atoms with E-state index in [1.54, 1.807) is 6.92 Å². The first-order valence-corrected chi connectivity index (χ1v) is 10.4. The summed E-state index contributed by atoms with van der Waals surface area (Å²) in [4.78, 5) is 58.7. The van der Waals surface area contributed by atoms with E-state index in [2.05, 4.69) is 12.6 Å². The Morgan fingerprint density at radius 2 is 1.34 bits per heavy atom. The van der Waals surface area contributed by atoms with Crippen molar-refractivity contribution in [3.8, 4) is 0 Å². The molecule has 6 atom stereocenters. The zero-order valence-electron chi connectivity index (χ0n) is 18.4. The monoisotopic (exact) mass is 480 g/mol. The summed E-state index contributed by atoms with van der Waals surface area (Å²) in [5.41, 5.74) is 0. The van der Waals surface area contributed by atoms with Crippen molar-refractivity contribution in [1.29, 1.82) is 0 Å². The fourth-order valence-corrected chi connectivity index (χ4v) is 3.10. The summed E-state index contributed by atoms with van der Waals surface area (Å²) in [5, 5.41) is 0. The molecule has 182 valence electrons. The molecule has 0 aromatic heterocycles. The molecule has 0 bridgehead atoms. The summed E-state index contributed by atoms with van der Waals surface area (Å²) >= 11 is 4.07. The van der Waals surface area contributed by atoms with E-state index in [1.165, 1.54) is 0 Å². The number of esters is 5. The van der Waals surface area contributed by atoms with Crippen LogP contribution in [0, 0.1) is 0 Å². The Labute approximate surface area is 190 Å². The topological polar surface area (TPSA) is 150 Å². The maximum absolute atomic E-state index is 12.2. The van der Waals surface area contributed by atoms with Crippen molar-refractivity contribution in [3.63, 3.8) is 0 Å². The van der Waals surface area contributed by atoms with Crippen LogP contribution in [0.2, 0.25) is 0 Å². The fourth-order valence-electron chi connectivity index (χ4n) is 2.87. The van der Waals surface area contributed by atoms with Crippen LogP contribution in [0.3, 0.4) is 0 Å². The average Bonchev–Trinajstić information content (AvgIpc) is 2.67. The number of hydrogen-bond donors (Lipinski definition) is 1. The third kappa shape index (κ3) is 8.63. The van der Waals surface area contributed by atoms with Crippen LogP contribution in [-0.4, -0.2) is 85.6 Å². The zero-order valence-corrected chi connectivity index (χ0v) is 19.3. The molecular formula is C19H28O12S. The van der Waals surface area contributed by atoms with Crippen LogP contribution >= 0.6 is 12.6 Å². The lowest BCUT2D eigenvalue weighted by atomic mass is 9.98. The van der Waals surface area contributed by atoms with E-state index in [4.69, 9.17) is 33.2 Å². The molecule has 0 radical (unpaired) electrons. The summed E-state index contributed by atoms with van der Waals surface area (Å²) in [6.07, 6.45) is -8.08. The zero-order chi connectivity index (χ0) is 24.4. The molecule has 0 aromatic rings. The van der Waals surface area contributed by atoms with Crippen LogP contribution in [-0.2, 0) is 57.1 Å². The van der Waals surface area contributed by atoms with Crippen molar-refractivity contribution in [3.05, 3.63) is 0 Å². The molecule has 1 aliphatic rings. The number of ether oxygens (including phenoxy) is 7. The van der Waals surface area contributed by atoms with Gasteiger partial charge in [-0.05, 0) is 6.92 Å². The van der Waals surface area contributed by atoms with E-state index in [0.29, 0.717) is 0 Å². The van der Waals surface area contributed by atoms with Gasteiger partial charge in [-0.2, -0.15) is 12.6 Å². The van der Waals surface area contributed by atoms with E-state index < -0.39 is 73.3 Å². The van der Waals surface area contributed by atoms with Gasteiger partial charge in [0.15, 0.2) is 30.7 Å². The van der Waals surface area contributed by atoms with Crippen LogP contribution in [0.5, 0.6) is 0 Å². The fraction of sp³-hybridized carbons (Fsp3) is 0.737. The quantitative estimate of drug-likeness (QED) is 0.254. The third-order valence-corrected chi connectivity index (χ3v) is 4.29. The highest BCUT2D eigenvalue weighted by Crippen LogP contribution is 2.30. The number of thiol groups is 1. The Morgan fingerprint density at radius 1 is 0.812 bits per heavy atom. The van der Waals surface area contributed by atoms with Crippen molar-refractivity contribution >= 4 is 42.5 Å². The summed E-state index contributed by atoms with van der Waals surface area (Å²) in [6.45, 7) is 5.71. The summed E-state index contributed by atoms with van der Waals surface area (Å²) < 4.78 is 37.1. The summed E-state index contributed by atoms with van der Waals surface area (Å²) in [6, 6.07) is 0. The second-order valence-electron chi connectivity index (χ2n) is 6.63. The molecule has 0 N–H and O–H groups in total. The lowest BCUT2D eigenvalue weighted by molar-refractivity contribution is -0.314. The number of hydrogen-bond acceptors (Lipinski definition) is 13. The molecule has 1 rings (SSSR count). The molecule has 0 aliphatic carbocycles. The van der Waals surface area contributed by atoms with Crippen LogP contribution in [0.25, 0.3) is 0 Å². The molecule has 1 unspecified atom stereocenters. The van der Waals surface area contributed by atoms with Crippen molar-refractivity contribution in [1.82, 2.24) is 0 Å². The van der Waals surface area contributed by atoms with Crippen molar-refractivity contribution in [2.24, 2.45) is 0 Å². The molecule has 1 aliphatic heterocycles. The van der Waals surface area contributed by atoms with Gasteiger partial charge in [-0.15, -0.1) is 0 Å². The van der Waals surface area contributed by atoms with E-state index in [9.17, 15) is 24.0 Å². The maximum atomic E-state index is 12.2. The molecule has 1 heterocycles. The molecule has 32 heavy (non-hydrogen) atoms. The van der Waals surface area contributed by atoms with Crippen molar-refractivity contribution in [2.45, 2.75) is 71.4 Å². The summed E-state index contributed by atoms with van der Waals surface area (Å²) in [5.74, 6) is -3.86. The predicted molar refractivity (Wildman–Crippen MR) is 107 cm³/mol. The second kappa shape index (κ2) is 13.2. The van der Waals surface area contributed by atoms with Gasteiger partial charge in [0.05, 0.1) is 6.61 Å². The van der Waals surface area contributed by atoms with Gasteiger partial charge >= 0.3 is 29.8 Å². The first-order chi connectivity index (χ1) is 15.0. The van der Waals surface area contributed by atoms with Crippen molar-refractivity contribution < 1.29 is 57.1 Å². The lowest BCUT2D eigenvalue weighted by Gasteiger charge is -2.44. The van der Waals surface area contributed by atoms with Gasteiger partial charge in [0.1, 0.15) is 12.7 Å². The van der Waals surface area contributed by atoms with Crippen LogP contribution < -0.4 is 0 Å². The van der Waals surface area contributed by atoms with E-state index in [-0.39, 0.29) is 12.4 Å². The number of carbonyl (C=O) groups is 5. The molecule has 0 amide bonds. The Bertz CT molecular complexity index is 696. The average molecular weight is 480 g/mol. The minimum atomic E-state index is -1.49. The van der Waals surface area contributed by atoms with Gasteiger partial charge in [0, 0.05) is 33.4 Å². The smallest absolute Gasteiger partial charge is 0.336 e. The van der Waals surface area contributed by atoms with Gasteiger partial charge in [0.2, 0.25) is 0 Å². The van der Waals surface area contributed by atoms with Crippen LogP contribution in [0.1, 0.15) is 34.6 Å². The van der Waals surface area contributed by atoms with Gasteiger partial charge < -0.3 is 33.2 Å². The normalized spacial score (nSPS) is 25.8.